The Bertz CT molecular complexity index is 326. The van der Waals surface area contributed by atoms with Crippen LogP contribution in [-0.4, -0.2) is 12.5 Å². The van der Waals surface area contributed by atoms with Gasteiger partial charge in [-0.1, -0.05) is 25.5 Å². The molecular formula is C11H16N2O2. The van der Waals surface area contributed by atoms with Crippen LogP contribution in [0.5, 0.6) is 0 Å². The molecule has 0 saturated heterocycles. The lowest BCUT2D eigenvalue weighted by atomic mass is 10.2. The number of hydrogen-bond donors (Lipinski definition) is 2. The van der Waals surface area contributed by atoms with E-state index in [0.717, 1.165) is 12.8 Å². The largest absolute Gasteiger partial charge is 0.366 e. The Morgan fingerprint density at radius 3 is 2.87 bits per heavy atom. The highest BCUT2D eigenvalue weighted by atomic mass is 16.6. The van der Waals surface area contributed by atoms with Crippen molar-refractivity contribution in [1.82, 2.24) is 0 Å². The zero-order chi connectivity index (χ0) is 11.1. The molecule has 15 heavy (non-hydrogen) atoms. The number of para-hydroxylation sites is 1. The molecule has 0 radical (unpaired) electrons. The number of primary amides is 1. The van der Waals surface area contributed by atoms with Crippen LogP contribution < -0.4 is 11.2 Å². The Morgan fingerprint density at radius 1 is 1.47 bits per heavy atom. The van der Waals surface area contributed by atoms with Gasteiger partial charge in [0.2, 0.25) is 0 Å². The lowest BCUT2D eigenvalue weighted by molar-refractivity contribution is 0.0999. The maximum Gasteiger partial charge on any atom is 0.250 e. The van der Waals surface area contributed by atoms with E-state index in [1.54, 1.807) is 18.2 Å². The first-order chi connectivity index (χ1) is 7.25. The van der Waals surface area contributed by atoms with E-state index in [0.29, 0.717) is 17.9 Å². The zero-order valence-electron chi connectivity index (χ0n) is 8.82. The maximum atomic E-state index is 11.0. The molecule has 0 bridgehead atoms. The van der Waals surface area contributed by atoms with Crippen molar-refractivity contribution < 1.29 is 9.63 Å². The molecular weight excluding hydrogens is 192 g/mol. The molecule has 0 spiro atoms. The van der Waals surface area contributed by atoms with Gasteiger partial charge < -0.3 is 5.73 Å². The number of anilines is 1. The molecule has 4 heteroatoms. The average Bonchev–Trinajstić information content (AvgIpc) is 2.25. The summed E-state index contributed by atoms with van der Waals surface area (Å²) in [6, 6.07) is 7.00. The number of nitrogens with one attached hydrogen (secondary N) is 1. The van der Waals surface area contributed by atoms with Gasteiger partial charge in [0.25, 0.3) is 5.91 Å². The quantitative estimate of drug-likeness (QED) is 0.554. The van der Waals surface area contributed by atoms with Crippen LogP contribution in [0, 0.1) is 0 Å². The highest BCUT2D eigenvalue weighted by Crippen LogP contribution is 2.13. The second kappa shape index (κ2) is 6.03. The minimum atomic E-state index is -0.461. The van der Waals surface area contributed by atoms with Gasteiger partial charge in [-0.2, -0.15) is 0 Å². The van der Waals surface area contributed by atoms with Gasteiger partial charge in [0.05, 0.1) is 17.9 Å². The fourth-order valence-electron chi connectivity index (χ4n) is 1.13. The smallest absolute Gasteiger partial charge is 0.250 e. The summed E-state index contributed by atoms with van der Waals surface area (Å²) in [6.07, 6.45) is 2.05. The number of hydrogen-bond acceptors (Lipinski definition) is 3. The Hall–Kier alpha value is -1.55. The minimum Gasteiger partial charge on any atom is -0.366 e. The summed E-state index contributed by atoms with van der Waals surface area (Å²) in [6.45, 7) is 2.70. The van der Waals surface area contributed by atoms with Gasteiger partial charge >= 0.3 is 0 Å². The van der Waals surface area contributed by atoms with E-state index >= 15 is 0 Å². The fraction of sp³-hybridized carbons (Fsp3) is 0.364. The summed E-state index contributed by atoms with van der Waals surface area (Å²) >= 11 is 0. The molecule has 3 N–H and O–H groups in total. The van der Waals surface area contributed by atoms with Crippen LogP contribution in [-0.2, 0) is 4.84 Å². The van der Waals surface area contributed by atoms with Gasteiger partial charge in [0.1, 0.15) is 0 Å². The normalized spacial score (nSPS) is 9.93. The highest BCUT2D eigenvalue weighted by Gasteiger charge is 2.05. The van der Waals surface area contributed by atoms with Crippen LogP contribution in [0.15, 0.2) is 24.3 Å². The number of carbonyl (C=O) groups is 1. The summed E-state index contributed by atoms with van der Waals surface area (Å²) in [5.41, 5.74) is 8.99. The third kappa shape index (κ3) is 3.59. The van der Waals surface area contributed by atoms with Crippen LogP contribution in [0.4, 0.5) is 5.69 Å². The second-order valence-electron chi connectivity index (χ2n) is 3.21. The molecule has 82 valence electrons. The van der Waals surface area contributed by atoms with Crippen LogP contribution in [0.3, 0.4) is 0 Å². The molecule has 0 atom stereocenters. The molecule has 1 aromatic rings. The van der Waals surface area contributed by atoms with Crippen molar-refractivity contribution in [3.63, 3.8) is 0 Å². The maximum absolute atomic E-state index is 11.0. The predicted molar refractivity (Wildman–Crippen MR) is 59.4 cm³/mol. The monoisotopic (exact) mass is 208 g/mol. The SMILES string of the molecule is CCCCONc1ccccc1C(N)=O. The van der Waals surface area contributed by atoms with Crippen LogP contribution in [0.2, 0.25) is 0 Å². The van der Waals surface area contributed by atoms with Crippen LogP contribution >= 0.6 is 0 Å². The Balaban J connectivity index is 2.56. The average molecular weight is 208 g/mol. The van der Waals surface area contributed by atoms with Gasteiger partial charge in [-0.15, -0.1) is 0 Å². The number of unbranched alkanes of at least 4 members (excludes halogenated alkanes) is 1. The first-order valence-electron chi connectivity index (χ1n) is 5.02. The van der Waals surface area contributed by atoms with Crippen molar-refractivity contribution in [2.75, 3.05) is 12.1 Å². The summed E-state index contributed by atoms with van der Waals surface area (Å²) in [4.78, 5) is 16.2. The van der Waals surface area contributed by atoms with Crippen molar-refractivity contribution >= 4 is 11.6 Å². The molecule has 0 aliphatic carbocycles. The van der Waals surface area contributed by atoms with Gasteiger partial charge in [0.15, 0.2) is 0 Å². The van der Waals surface area contributed by atoms with E-state index in [1.165, 1.54) is 0 Å². The van der Waals surface area contributed by atoms with Crippen molar-refractivity contribution in [3.8, 4) is 0 Å². The Labute approximate surface area is 89.4 Å². The zero-order valence-corrected chi connectivity index (χ0v) is 8.82. The number of nitrogens with two attached hydrogens (primary N) is 1. The van der Waals surface area contributed by atoms with Crippen LogP contribution in [0.1, 0.15) is 30.1 Å². The fourth-order valence-corrected chi connectivity index (χ4v) is 1.13. The molecule has 4 nitrogen and oxygen atoms in total. The summed E-state index contributed by atoms with van der Waals surface area (Å²) in [5.74, 6) is -0.461. The van der Waals surface area contributed by atoms with E-state index in [9.17, 15) is 4.79 Å². The summed E-state index contributed by atoms with van der Waals surface area (Å²) < 4.78 is 0. The van der Waals surface area contributed by atoms with Crippen molar-refractivity contribution in [1.29, 1.82) is 0 Å². The third-order valence-electron chi connectivity index (χ3n) is 1.97. The van der Waals surface area contributed by atoms with Gasteiger partial charge in [-0.3, -0.25) is 15.1 Å². The van der Waals surface area contributed by atoms with Gasteiger partial charge in [-0.05, 0) is 18.6 Å². The molecule has 1 rings (SSSR count). The Kier molecular flexibility index (Phi) is 4.63. The molecule has 0 aromatic heterocycles. The first kappa shape index (κ1) is 11.5. The number of amides is 1. The summed E-state index contributed by atoms with van der Waals surface area (Å²) in [5, 5.41) is 0. The third-order valence-corrected chi connectivity index (χ3v) is 1.97. The van der Waals surface area contributed by atoms with Crippen LogP contribution in [0.25, 0.3) is 0 Å². The molecule has 0 aliphatic heterocycles. The number of benzene rings is 1. The topological polar surface area (TPSA) is 64.3 Å². The second-order valence-corrected chi connectivity index (χ2v) is 3.21. The molecule has 0 heterocycles. The highest BCUT2D eigenvalue weighted by molar-refractivity contribution is 5.98. The van der Waals surface area contributed by atoms with E-state index in [-0.39, 0.29) is 0 Å². The molecule has 0 fully saturated rings. The van der Waals surface area contributed by atoms with Gasteiger partial charge in [0, 0.05) is 0 Å². The first-order valence-corrected chi connectivity index (χ1v) is 5.02. The van der Waals surface area contributed by atoms with E-state index in [4.69, 9.17) is 10.6 Å². The summed E-state index contributed by atoms with van der Waals surface area (Å²) in [7, 11) is 0. The predicted octanol–water partition coefficient (Wildman–Crippen LogP) is 1.93. The van der Waals surface area contributed by atoms with Crippen molar-refractivity contribution in [2.45, 2.75) is 19.8 Å². The van der Waals surface area contributed by atoms with Gasteiger partial charge in [-0.25, -0.2) is 0 Å². The molecule has 0 aliphatic rings. The lowest BCUT2D eigenvalue weighted by Gasteiger charge is -2.09. The van der Waals surface area contributed by atoms with Crippen molar-refractivity contribution in [3.05, 3.63) is 29.8 Å². The van der Waals surface area contributed by atoms with Crippen molar-refractivity contribution in [2.24, 2.45) is 5.73 Å². The van der Waals surface area contributed by atoms with E-state index in [2.05, 4.69) is 12.4 Å². The Morgan fingerprint density at radius 2 is 2.20 bits per heavy atom. The lowest BCUT2D eigenvalue weighted by Crippen LogP contribution is -2.14. The molecule has 1 amide bonds. The van der Waals surface area contributed by atoms with E-state index in [1.807, 2.05) is 6.07 Å². The standard InChI is InChI=1S/C11H16N2O2/c1-2-3-8-15-13-10-7-5-4-6-9(10)11(12)14/h4-7,13H,2-3,8H2,1H3,(H2,12,14). The number of rotatable bonds is 6. The molecule has 0 unspecified atom stereocenters. The molecule has 1 aromatic carbocycles. The van der Waals surface area contributed by atoms with E-state index < -0.39 is 5.91 Å². The minimum absolute atomic E-state index is 0.439. The number of carbonyl (C=O) groups excluding carboxylic acids is 1. The molecule has 0 saturated carbocycles.